The van der Waals surface area contributed by atoms with Gasteiger partial charge >= 0.3 is 6.03 Å². The highest BCUT2D eigenvalue weighted by molar-refractivity contribution is 7.91. The first-order valence-corrected chi connectivity index (χ1v) is 10.6. The quantitative estimate of drug-likeness (QED) is 0.861. The Balaban J connectivity index is 1.78. The van der Waals surface area contributed by atoms with Crippen molar-refractivity contribution in [1.29, 1.82) is 0 Å². The van der Waals surface area contributed by atoms with Crippen molar-refractivity contribution in [3.63, 3.8) is 0 Å². The van der Waals surface area contributed by atoms with Crippen LogP contribution in [-0.2, 0) is 9.84 Å². The van der Waals surface area contributed by atoms with Crippen LogP contribution in [0.3, 0.4) is 0 Å². The topological polar surface area (TPSA) is 66.5 Å². The van der Waals surface area contributed by atoms with Crippen molar-refractivity contribution in [2.24, 2.45) is 5.92 Å². The summed E-state index contributed by atoms with van der Waals surface area (Å²) in [4.78, 5) is 14.3. The lowest BCUT2D eigenvalue weighted by atomic mass is 9.93. The van der Waals surface area contributed by atoms with Crippen LogP contribution in [0.15, 0.2) is 0 Å². The molecule has 0 bridgehead atoms. The first-order chi connectivity index (χ1) is 10.4. The van der Waals surface area contributed by atoms with E-state index in [0.29, 0.717) is 18.8 Å². The predicted octanol–water partition coefficient (Wildman–Crippen LogP) is 2.56. The van der Waals surface area contributed by atoms with E-state index in [2.05, 4.69) is 12.2 Å². The molecule has 0 aromatic heterocycles. The van der Waals surface area contributed by atoms with E-state index in [0.717, 1.165) is 32.4 Å². The molecule has 1 aliphatic heterocycles. The summed E-state index contributed by atoms with van der Waals surface area (Å²) in [5.74, 6) is 0.644. The number of hydrogen-bond acceptors (Lipinski definition) is 3. The van der Waals surface area contributed by atoms with Gasteiger partial charge in [-0.1, -0.05) is 13.3 Å². The van der Waals surface area contributed by atoms with E-state index >= 15 is 0 Å². The predicted molar refractivity (Wildman–Crippen MR) is 88.6 cm³/mol. The largest absolute Gasteiger partial charge is 0.335 e. The molecule has 22 heavy (non-hydrogen) atoms. The highest BCUT2D eigenvalue weighted by atomic mass is 32.2. The molecule has 1 N–H and O–H groups in total. The van der Waals surface area contributed by atoms with E-state index in [1.165, 1.54) is 25.5 Å². The fraction of sp³-hybridized carbons (Fsp3) is 0.938. The van der Waals surface area contributed by atoms with Crippen LogP contribution in [-0.4, -0.2) is 50.0 Å². The Hall–Kier alpha value is -0.780. The number of carbonyl (C=O) groups excluding carboxylic acids is 1. The summed E-state index contributed by atoms with van der Waals surface area (Å²) in [6, 6.07) is 0.181. The van der Waals surface area contributed by atoms with Crippen molar-refractivity contribution in [2.45, 2.75) is 69.6 Å². The van der Waals surface area contributed by atoms with Crippen LogP contribution in [0.5, 0.6) is 0 Å². The molecule has 1 unspecified atom stereocenters. The average Bonchev–Trinajstić information content (AvgIpc) is 2.47. The number of urea groups is 1. The normalized spacial score (nSPS) is 30.1. The third-order valence-corrected chi connectivity index (χ3v) is 6.79. The Labute approximate surface area is 134 Å². The van der Waals surface area contributed by atoms with Crippen LogP contribution in [0.25, 0.3) is 0 Å². The molecule has 2 amide bonds. The lowest BCUT2D eigenvalue weighted by Crippen LogP contribution is -2.49. The van der Waals surface area contributed by atoms with Crippen molar-refractivity contribution >= 4 is 15.9 Å². The van der Waals surface area contributed by atoms with E-state index in [4.69, 9.17) is 0 Å². The zero-order chi connectivity index (χ0) is 16.2. The van der Waals surface area contributed by atoms with E-state index in [-0.39, 0.29) is 17.3 Å². The zero-order valence-corrected chi connectivity index (χ0v) is 14.7. The molecule has 2 fully saturated rings. The number of sulfone groups is 1. The van der Waals surface area contributed by atoms with Crippen LogP contribution in [0.4, 0.5) is 4.79 Å². The number of piperidine rings is 1. The van der Waals surface area contributed by atoms with Crippen molar-refractivity contribution in [1.82, 2.24) is 10.2 Å². The summed E-state index contributed by atoms with van der Waals surface area (Å²) < 4.78 is 23.1. The van der Waals surface area contributed by atoms with Crippen molar-refractivity contribution in [3.8, 4) is 0 Å². The molecular weight excluding hydrogens is 300 g/mol. The van der Waals surface area contributed by atoms with Crippen LogP contribution < -0.4 is 5.32 Å². The fourth-order valence-corrected chi connectivity index (χ4v) is 4.92. The van der Waals surface area contributed by atoms with E-state index in [1.807, 2.05) is 4.90 Å². The van der Waals surface area contributed by atoms with Gasteiger partial charge in [-0.05, 0) is 50.9 Å². The van der Waals surface area contributed by atoms with Gasteiger partial charge in [-0.15, -0.1) is 0 Å². The summed E-state index contributed by atoms with van der Waals surface area (Å²) >= 11 is 0. The van der Waals surface area contributed by atoms with Crippen molar-refractivity contribution < 1.29 is 13.2 Å². The Kier molecular flexibility index (Phi) is 6.12. The van der Waals surface area contributed by atoms with Crippen LogP contribution in [0.1, 0.15) is 58.3 Å². The maximum atomic E-state index is 12.4. The van der Waals surface area contributed by atoms with Gasteiger partial charge in [-0.25, -0.2) is 13.2 Å². The highest BCUT2D eigenvalue weighted by Crippen LogP contribution is 2.25. The van der Waals surface area contributed by atoms with Gasteiger partial charge in [0.1, 0.15) is 9.84 Å². The van der Waals surface area contributed by atoms with Gasteiger partial charge in [0.2, 0.25) is 0 Å². The second kappa shape index (κ2) is 7.66. The monoisotopic (exact) mass is 330 g/mol. The minimum absolute atomic E-state index is 0.0450. The highest BCUT2D eigenvalue weighted by Gasteiger charge is 2.30. The Morgan fingerprint density at radius 3 is 2.45 bits per heavy atom. The summed E-state index contributed by atoms with van der Waals surface area (Å²) in [6.45, 7) is 3.92. The SMILES string of the molecule is CCCC1CCCN(C(=O)NC2CCC(S(C)(=O)=O)CC2)C1. The van der Waals surface area contributed by atoms with Gasteiger partial charge in [-0.2, -0.15) is 0 Å². The molecule has 0 spiro atoms. The number of likely N-dealkylation sites (tertiary alicyclic amines) is 1. The smallest absolute Gasteiger partial charge is 0.317 e. The van der Waals surface area contributed by atoms with E-state index < -0.39 is 9.84 Å². The van der Waals surface area contributed by atoms with Gasteiger partial charge in [-0.3, -0.25) is 0 Å². The lowest BCUT2D eigenvalue weighted by Gasteiger charge is -2.35. The summed E-state index contributed by atoms with van der Waals surface area (Å²) in [7, 11) is -2.93. The second-order valence-corrected chi connectivity index (χ2v) is 9.32. The first kappa shape index (κ1) is 17.6. The number of amides is 2. The Morgan fingerprint density at radius 1 is 1.18 bits per heavy atom. The summed E-state index contributed by atoms with van der Waals surface area (Å²) in [6.07, 6.45) is 8.91. The van der Waals surface area contributed by atoms with Crippen molar-refractivity contribution in [3.05, 3.63) is 0 Å². The van der Waals surface area contributed by atoms with Crippen LogP contribution in [0, 0.1) is 5.92 Å². The number of rotatable bonds is 4. The second-order valence-electron chi connectivity index (χ2n) is 7.00. The van der Waals surface area contributed by atoms with Gasteiger partial charge in [0.25, 0.3) is 0 Å². The number of nitrogens with zero attached hydrogens (tertiary/aromatic N) is 1. The van der Waals surface area contributed by atoms with Gasteiger partial charge in [0.05, 0.1) is 5.25 Å². The van der Waals surface area contributed by atoms with Gasteiger partial charge in [0.15, 0.2) is 0 Å². The molecule has 1 saturated heterocycles. The Bertz CT molecular complexity index is 468. The number of hydrogen-bond donors (Lipinski definition) is 1. The number of nitrogens with one attached hydrogen (secondary N) is 1. The molecule has 0 radical (unpaired) electrons. The number of carbonyl (C=O) groups is 1. The zero-order valence-electron chi connectivity index (χ0n) is 13.9. The summed E-state index contributed by atoms with van der Waals surface area (Å²) in [5.41, 5.74) is 0. The molecule has 1 aliphatic carbocycles. The molecular formula is C16H30N2O3S. The lowest BCUT2D eigenvalue weighted by molar-refractivity contribution is 0.156. The molecule has 2 aliphatic rings. The molecule has 6 heteroatoms. The van der Waals surface area contributed by atoms with Crippen LogP contribution >= 0.6 is 0 Å². The summed E-state index contributed by atoms with van der Waals surface area (Å²) in [5, 5.41) is 2.90. The molecule has 128 valence electrons. The minimum atomic E-state index is -2.93. The molecule has 1 atom stereocenters. The van der Waals surface area contributed by atoms with Gasteiger partial charge in [0, 0.05) is 25.4 Å². The fourth-order valence-electron chi connectivity index (χ4n) is 3.79. The minimum Gasteiger partial charge on any atom is -0.335 e. The standard InChI is InChI=1S/C16H30N2O3S/c1-3-5-13-6-4-11-18(12-13)16(19)17-14-7-9-15(10-8-14)22(2,20)21/h13-15H,3-12H2,1-2H3,(H,17,19). The molecule has 2 rings (SSSR count). The van der Waals surface area contributed by atoms with E-state index in [1.54, 1.807) is 0 Å². The van der Waals surface area contributed by atoms with Crippen molar-refractivity contribution in [2.75, 3.05) is 19.3 Å². The third-order valence-electron chi connectivity index (χ3n) is 5.11. The van der Waals surface area contributed by atoms with Crippen LogP contribution in [0.2, 0.25) is 0 Å². The first-order valence-electron chi connectivity index (χ1n) is 8.64. The molecule has 0 aromatic rings. The molecule has 5 nitrogen and oxygen atoms in total. The maximum absolute atomic E-state index is 12.4. The third kappa shape index (κ3) is 4.86. The van der Waals surface area contributed by atoms with E-state index in [9.17, 15) is 13.2 Å². The average molecular weight is 330 g/mol. The maximum Gasteiger partial charge on any atom is 0.317 e. The van der Waals surface area contributed by atoms with Gasteiger partial charge < -0.3 is 10.2 Å². The molecule has 1 heterocycles. The molecule has 0 aromatic carbocycles. The molecule has 1 saturated carbocycles. The Morgan fingerprint density at radius 2 is 1.86 bits per heavy atom.